The van der Waals surface area contributed by atoms with Crippen molar-refractivity contribution in [2.24, 2.45) is 11.8 Å². The Morgan fingerprint density at radius 1 is 1.24 bits per heavy atom. The van der Waals surface area contributed by atoms with E-state index in [-0.39, 0.29) is 17.9 Å². The first-order chi connectivity index (χ1) is 10.1. The average molecular weight is 292 g/mol. The van der Waals surface area contributed by atoms with Gasteiger partial charge >= 0.3 is 0 Å². The molecule has 3 fully saturated rings. The zero-order valence-corrected chi connectivity index (χ0v) is 13.4. The highest BCUT2D eigenvalue weighted by atomic mass is 16.2. The molecule has 0 aromatic heterocycles. The quantitative estimate of drug-likeness (QED) is 0.865. The maximum absolute atomic E-state index is 13.0. The van der Waals surface area contributed by atoms with Gasteiger partial charge in [-0.1, -0.05) is 39.5 Å². The van der Waals surface area contributed by atoms with Crippen LogP contribution in [0, 0.1) is 11.8 Å². The molecule has 4 heteroatoms. The minimum Gasteiger partial charge on any atom is -0.342 e. The number of rotatable bonds is 4. The normalized spacial score (nSPS) is 30.4. The van der Waals surface area contributed by atoms with Crippen molar-refractivity contribution in [1.82, 2.24) is 10.2 Å². The molecular formula is C17H28N2O2. The number of hydrogen-bond acceptors (Lipinski definition) is 2. The topological polar surface area (TPSA) is 49.4 Å². The lowest BCUT2D eigenvalue weighted by atomic mass is 9.76. The number of carbonyl (C=O) groups is 2. The Labute approximate surface area is 127 Å². The molecule has 21 heavy (non-hydrogen) atoms. The molecule has 1 spiro atoms. The Morgan fingerprint density at radius 2 is 1.90 bits per heavy atom. The summed E-state index contributed by atoms with van der Waals surface area (Å²) in [5, 5.41) is 3.08. The molecule has 3 rings (SSSR count). The van der Waals surface area contributed by atoms with Crippen molar-refractivity contribution >= 4 is 11.8 Å². The van der Waals surface area contributed by atoms with Crippen LogP contribution in [0.1, 0.15) is 65.2 Å². The van der Waals surface area contributed by atoms with Gasteiger partial charge in [0, 0.05) is 6.54 Å². The van der Waals surface area contributed by atoms with Crippen molar-refractivity contribution in [3.8, 4) is 0 Å². The van der Waals surface area contributed by atoms with Crippen LogP contribution in [0.4, 0.5) is 0 Å². The van der Waals surface area contributed by atoms with Gasteiger partial charge in [-0.25, -0.2) is 0 Å². The molecule has 2 unspecified atom stereocenters. The van der Waals surface area contributed by atoms with E-state index in [2.05, 4.69) is 19.2 Å². The van der Waals surface area contributed by atoms with E-state index in [9.17, 15) is 9.59 Å². The molecule has 3 aliphatic rings. The van der Waals surface area contributed by atoms with Gasteiger partial charge in [0.25, 0.3) is 0 Å². The number of amides is 2. The van der Waals surface area contributed by atoms with Gasteiger partial charge < -0.3 is 10.2 Å². The molecule has 0 bridgehead atoms. The molecule has 2 saturated carbocycles. The third-order valence-electron chi connectivity index (χ3n) is 5.72. The smallest absolute Gasteiger partial charge is 0.246 e. The molecule has 2 atom stereocenters. The summed E-state index contributed by atoms with van der Waals surface area (Å²) in [6.07, 6.45) is 8.22. The summed E-state index contributed by atoms with van der Waals surface area (Å²) in [7, 11) is 0. The molecule has 0 aromatic carbocycles. The maximum atomic E-state index is 13.0. The summed E-state index contributed by atoms with van der Waals surface area (Å²) >= 11 is 0. The predicted molar refractivity (Wildman–Crippen MR) is 81.6 cm³/mol. The lowest BCUT2D eigenvalue weighted by molar-refractivity contribution is -0.161. The maximum Gasteiger partial charge on any atom is 0.246 e. The van der Waals surface area contributed by atoms with Gasteiger partial charge in [-0.05, 0) is 37.5 Å². The van der Waals surface area contributed by atoms with Crippen LogP contribution in [0.2, 0.25) is 0 Å². The highest BCUT2D eigenvalue weighted by Crippen LogP contribution is 2.41. The molecule has 4 nitrogen and oxygen atoms in total. The van der Waals surface area contributed by atoms with Crippen molar-refractivity contribution in [3.05, 3.63) is 0 Å². The van der Waals surface area contributed by atoms with E-state index in [4.69, 9.17) is 0 Å². The zero-order chi connectivity index (χ0) is 15.0. The fourth-order valence-corrected chi connectivity index (χ4v) is 3.93. The number of piperazine rings is 1. The van der Waals surface area contributed by atoms with Gasteiger partial charge in [-0.2, -0.15) is 0 Å². The van der Waals surface area contributed by atoms with Gasteiger partial charge in [0.05, 0.1) is 0 Å². The van der Waals surface area contributed by atoms with Crippen LogP contribution in [0.5, 0.6) is 0 Å². The second-order valence-corrected chi connectivity index (χ2v) is 7.34. The van der Waals surface area contributed by atoms with E-state index in [1.165, 1.54) is 6.42 Å². The van der Waals surface area contributed by atoms with Crippen LogP contribution in [0.25, 0.3) is 0 Å². The molecule has 1 saturated heterocycles. The second kappa shape index (κ2) is 5.62. The van der Waals surface area contributed by atoms with E-state index >= 15 is 0 Å². The van der Waals surface area contributed by atoms with E-state index in [0.717, 1.165) is 51.5 Å². The van der Waals surface area contributed by atoms with Crippen LogP contribution in [0.3, 0.4) is 0 Å². The van der Waals surface area contributed by atoms with Crippen LogP contribution in [-0.4, -0.2) is 34.8 Å². The van der Waals surface area contributed by atoms with E-state index in [0.29, 0.717) is 11.8 Å². The Kier molecular flexibility index (Phi) is 3.98. The first-order valence-corrected chi connectivity index (χ1v) is 8.71. The highest BCUT2D eigenvalue weighted by molar-refractivity contribution is 6.00. The first kappa shape index (κ1) is 14.9. The minimum atomic E-state index is -0.538. The molecule has 118 valence electrons. The van der Waals surface area contributed by atoms with Crippen LogP contribution < -0.4 is 5.32 Å². The van der Waals surface area contributed by atoms with Crippen LogP contribution in [0.15, 0.2) is 0 Å². The third kappa shape index (κ3) is 2.58. The Morgan fingerprint density at radius 3 is 2.48 bits per heavy atom. The zero-order valence-electron chi connectivity index (χ0n) is 13.4. The van der Waals surface area contributed by atoms with Gasteiger partial charge in [-0.15, -0.1) is 0 Å². The first-order valence-electron chi connectivity index (χ1n) is 8.71. The summed E-state index contributed by atoms with van der Waals surface area (Å²) in [4.78, 5) is 27.8. The Hall–Kier alpha value is -1.06. The van der Waals surface area contributed by atoms with E-state index in [1.807, 2.05) is 4.90 Å². The molecule has 0 radical (unpaired) electrons. The van der Waals surface area contributed by atoms with Gasteiger partial charge in [-0.3, -0.25) is 9.59 Å². The number of hydrogen-bond donors (Lipinski definition) is 1. The summed E-state index contributed by atoms with van der Waals surface area (Å²) in [5.74, 6) is 1.17. The van der Waals surface area contributed by atoms with Gasteiger partial charge in [0.1, 0.15) is 11.6 Å². The van der Waals surface area contributed by atoms with Gasteiger partial charge in [0.15, 0.2) is 0 Å². The number of carbonyl (C=O) groups excluding carboxylic acids is 2. The monoisotopic (exact) mass is 292 g/mol. The average Bonchev–Trinajstić information content (AvgIpc) is 3.33. The minimum absolute atomic E-state index is 0.127. The summed E-state index contributed by atoms with van der Waals surface area (Å²) in [6.45, 7) is 5.08. The predicted octanol–water partition coefficient (Wildman–Crippen LogP) is 2.47. The van der Waals surface area contributed by atoms with Crippen LogP contribution >= 0.6 is 0 Å². The SMILES string of the molecule is CCC(C)CN1C(=O)C(C2CC2)NC(=O)C12CCCCC2. The number of nitrogens with zero attached hydrogens (tertiary/aromatic N) is 1. The second-order valence-electron chi connectivity index (χ2n) is 7.34. The van der Waals surface area contributed by atoms with Crippen molar-refractivity contribution < 1.29 is 9.59 Å². The number of nitrogens with one attached hydrogen (secondary N) is 1. The molecule has 1 aliphatic heterocycles. The highest BCUT2D eigenvalue weighted by Gasteiger charge is 2.55. The van der Waals surface area contributed by atoms with Crippen molar-refractivity contribution in [1.29, 1.82) is 0 Å². The lowest BCUT2D eigenvalue weighted by Crippen LogP contribution is -2.72. The summed E-state index contributed by atoms with van der Waals surface area (Å²) in [5.41, 5.74) is -0.538. The van der Waals surface area contributed by atoms with E-state index in [1.54, 1.807) is 0 Å². The standard InChI is InChI=1S/C17H28N2O2/c1-3-12(2)11-19-15(20)14(13-7-8-13)18-16(21)17(19)9-5-4-6-10-17/h12-14H,3-11H2,1-2H3,(H,18,21). The summed E-state index contributed by atoms with van der Waals surface area (Å²) < 4.78 is 0. The Balaban J connectivity index is 1.88. The largest absolute Gasteiger partial charge is 0.342 e. The molecule has 0 aromatic rings. The fourth-order valence-electron chi connectivity index (χ4n) is 3.93. The molecule has 1 heterocycles. The lowest BCUT2D eigenvalue weighted by Gasteiger charge is -2.51. The molecule has 2 aliphatic carbocycles. The van der Waals surface area contributed by atoms with Crippen molar-refractivity contribution in [3.63, 3.8) is 0 Å². The fraction of sp³-hybridized carbons (Fsp3) is 0.882. The molecular weight excluding hydrogens is 264 g/mol. The van der Waals surface area contributed by atoms with Crippen molar-refractivity contribution in [2.45, 2.75) is 76.8 Å². The van der Waals surface area contributed by atoms with E-state index < -0.39 is 5.54 Å². The van der Waals surface area contributed by atoms with Gasteiger partial charge in [0.2, 0.25) is 11.8 Å². The molecule has 1 N–H and O–H groups in total. The van der Waals surface area contributed by atoms with Crippen molar-refractivity contribution in [2.75, 3.05) is 6.54 Å². The molecule has 2 amide bonds. The summed E-state index contributed by atoms with van der Waals surface area (Å²) in [6, 6.07) is -0.242. The third-order valence-corrected chi connectivity index (χ3v) is 5.72. The Bertz CT molecular complexity index is 425. The van der Waals surface area contributed by atoms with Crippen LogP contribution in [-0.2, 0) is 9.59 Å².